The Morgan fingerprint density at radius 1 is 0.750 bits per heavy atom. The van der Waals surface area contributed by atoms with Crippen LogP contribution in [0.3, 0.4) is 0 Å². The number of hydrogen-bond acceptors (Lipinski definition) is 10. The molecule has 0 N–H and O–H groups in total. The van der Waals surface area contributed by atoms with Gasteiger partial charge in [0.1, 0.15) is 0 Å². The van der Waals surface area contributed by atoms with Gasteiger partial charge in [-0.1, -0.05) is 60.1 Å². The van der Waals surface area contributed by atoms with Crippen LogP contribution in [0.1, 0.15) is 133 Å². The van der Waals surface area contributed by atoms with Crippen LogP contribution in [-0.2, 0) is 47.6 Å². The number of methoxy groups -OCH3 is 1. The standard InChI is InChI=1S/C42H64O10/c1-24(43)49-29-23-48-35(34(51-26(3)45)33(29)50-25(2)44)52-32-15-16-39(8)30(38(32,6)7)14-17-41(10)31(39)13-12-27-28-22-37(4,5)18-20-42(28,36(46)47-11)21-19-40(27,41)9/h12,28-35H,13-23H2,1-11H3/t28-,29+,30-,31+,32-,33-,34+,35-,39-,40+,41+,42-/m0/s1. The highest BCUT2D eigenvalue weighted by Gasteiger charge is 2.69. The summed E-state index contributed by atoms with van der Waals surface area (Å²) in [5.74, 6) is -0.699. The molecule has 0 bridgehead atoms. The number of allylic oxidation sites excluding steroid dienone is 2. The monoisotopic (exact) mass is 728 g/mol. The molecule has 0 aromatic rings. The van der Waals surface area contributed by atoms with E-state index in [0.717, 1.165) is 64.2 Å². The quantitative estimate of drug-likeness (QED) is 0.118. The molecule has 0 aromatic heterocycles. The second-order valence-electron chi connectivity index (χ2n) is 19.3. The van der Waals surface area contributed by atoms with E-state index in [1.165, 1.54) is 26.3 Å². The molecule has 52 heavy (non-hydrogen) atoms. The van der Waals surface area contributed by atoms with Crippen LogP contribution < -0.4 is 0 Å². The maximum atomic E-state index is 13.6. The predicted molar refractivity (Wildman–Crippen MR) is 192 cm³/mol. The second-order valence-corrected chi connectivity index (χ2v) is 19.3. The van der Waals surface area contributed by atoms with Gasteiger partial charge in [0.15, 0.2) is 24.6 Å². The molecule has 10 nitrogen and oxygen atoms in total. The van der Waals surface area contributed by atoms with Crippen LogP contribution in [0.5, 0.6) is 0 Å². The number of carbonyl (C=O) groups is 4. The summed E-state index contributed by atoms with van der Waals surface area (Å²) in [6.07, 6.45) is 8.03. The summed E-state index contributed by atoms with van der Waals surface area (Å²) in [6.45, 7) is 20.7. The molecule has 6 aliphatic rings. The Morgan fingerprint density at radius 3 is 2.02 bits per heavy atom. The summed E-state index contributed by atoms with van der Waals surface area (Å²) >= 11 is 0. The minimum Gasteiger partial charge on any atom is -0.469 e. The van der Waals surface area contributed by atoms with Gasteiger partial charge in [-0.15, -0.1) is 0 Å². The molecule has 1 heterocycles. The minimum absolute atomic E-state index is 0.00556. The highest BCUT2D eigenvalue weighted by Crippen LogP contribution is 2.76. The third-order valence-corrected chi connectivity index (χ3v) is 15.8. The Hall–Kier alpha value is -2.46. The zero-order valence-electron chi connectivity index (χ0n) is 33.6. The maximum Gasteiger partial charge on any atom is 0.312 e. The van der Waals surface area contributed by atoms with Gasteiger partial charge in [0.25, 0.3) is 0 Å². The van der Waals surface area contributed by atoms with E-state index in [1.54, 1.807) is 7.11 Å². The molecule has 6 rings (SSSR count). The van der Waals surface area contributed by atoms with Gasteiger partial charge in [0.05, 0.1) is 25.2 Å². The Kier molecular flexibility index (Phi) is 10.1. The summed E-state index contributed by atoms with van der Waals surface area (Å²) in [6, 6.07) is 0. The average molecular weight is 729 g/mol. The summed E-state index contributed by atoms with van der Waals surface area (Å²) in [5, 5.41) is 0. The molecule has 0 amide bonds. The van der Waals surface area contributed by atoms with E-state index < -0.39 is 47.9 Å². The number of hydrogen-bond donors (Lipinski definition) is 0. The fourth-order valence-electron chi connectivity index (χ4n) is 13.0. The second kappa shape index (κ2) is 13.4. The molecule has 10 heteroatoms. The van der Waals surface area contributed by atoms with E-state index in [1.807, 2.05) is 0 Å². The highest BCUT2D eigenvalue weighted by molar-refractivity contribution is 5.78. The Bertz CT molecular complexity index is 1480. The van der Waals surface area contributed by atoms with E-state index in [-0.39, 0.29) is 51.7 Å². The fourth-order valence-corrected chi connectivity index (χ4v) is 13.0. The summed E-state index contributed by atoms with van der Waals surface area (Å²) in [4.78, 5) is 50.0. The summed E-state index contributed by atoms with van der Waals surface area (Å²) in [7, 11) is 1.56. The van der Waals surface area contributed by atoms with Crippen molar-refractivity contribution in [2.45, 2.75) is 164 Å². The minimum atomic E-state index is -1.10. The van der Waals surface area contributed by atoms with E-state index in [0.29, 0.717) is 11.8 Å². The third kappa shape index (κ3) is 6.14. The predicted octanol–water partition coefficient (Wildman–Crippen LogP) is 7.50. The van der Waals surface area contributed by atoms with Crippen LogP contribution in [0.15, 0.2) is 11.6 Å². The summed E-state index contributed by atoms with van der Waals surface area (Å²) in [5.41, 5.74) is 1.14. The van der Waals surface area contributed by atoms with E-state index in [9.17, 15) is 19.2 Å². The van der Waals surface area contributed by atoms with Crippen molar-refractivity contribution in [3.05, 3.63) is 11.6 Å². The molecular formula is C42H64O10. The molecule has 5 fully saturated rings. The first-order valence-corrected chi connectivity index (χ1v) is 19.7. The maximum absolute atomic E-state index is 13.6. The molecule has 0 spiro atoms. The van der Waals surface area contributed by atoms with Crippen molar-refractivity contribution < 1.29 is 47.6 Å². The van der Waals surface area contributed by atoms with Crippen molar-refractivity contribution in [1.29, 1.82) is 0 Å². The van der Waals surface area contributed by atoms with Gasteiger partial charge in [0, 0.05) is 20.8 Å². The van der Waals surface area contributed by atoms with Gasteiger partial charge < -0.3 is 28.4 Å². The first-order valence-electron chi connectivity index (χ1n) is 19.7. The smallest absolute Gasteiger partial charge is 0.312 e. The largest absolute Gasteiger partial charge is 0.469 e. The van der Waals surface area contributed by atoms with Crippen molar-refractivity contribution in [1.82, 2.24) is 0 Å². The van der Waals surface area contributed by atoms with Crippen molar-refractivity contribution in [3.63, 3.8) is 0 Å². The van der Waals surface area contributed by atoms with Gasteiger partial charge in [-0.3, -0.25) is 19.2 Å². The molecule has 0 radical (unpaired) electrons. The van der Waals surface area contributed by atoms with Crippen LogP contribution >= 0.6 is 0 Å². The topological polar surface area (TPSA) is 124 Å². The molecule has 292 valence electrons. The van der Waals surface area contributed by atoms with Crippen LogP contribution in [0.25, 0.3) is 0 Å². The Labute approximate surface area is 310 Å². The van der Waals surface area contributed by atoms with Gasteiger partial charge in [-0.2, -0.15) is 0 Å². The summed E-state index contributed by atoms with van der Waals surface area (Å²) < 4.78 is 35.2. The molecule has 4 saturated carbocycles. The van der Waals surface area contributed by atoms with Crippen molar-refractivity contribution in [3.8, 4) is 0 Å². The number of esters is 4. The van der Waals surface area contributed by atoms with Crippen molar-refractivity contribution >= 4 is 23.9 Å². The van der Waals surface area contributed by atoms with E-state index in [2.05, 4.69) is 54.5 Å². The normalized spacial score (nSPS) is 44.6. The van der Waals surface area contributed by atoms with Crippen molar-refractivity contribution in [2.24, 2.45) is 50.2 Å². The lowest BCUT2D eigenvalue weighted by Crippen LogP contribution is -2.66. The van der Waals surface area contributed by atoms with Crippen LogP contribution in [0, 0.1) is 50.2 Å². The molecule has 1 aliphatic heterocycles. The van der Waals surface area contributed by atoms with E-state index >= 15 is 0 Å². The molecule has 12 atom stereocenters. The van der Waals surface area contributed by atoms with Gasteiger partial charge >= 0.3 is 23.9 Å². The van der Waals surface area contributed by atoms with Gasteiger partial charge in [-0.05, 0) is 109 Å². The SMILES string of the molecule is COC(=O)[C@]12CCC(C)(C)C[C@H]1C1=CC[C@@H]3[C@@]4(C)CC[C@H](O[C@@H]5OC[C@@H](OC(C)=O)[C@H](OC(C)=O)[C@H]5OC(C)=O)C(C)(C)[C@@H]4CC[C@@]3(C)[C@]1(C)CC2. The Morgan fingerprint density at radius 2 is 1.38 bits per heavy atom. The molecule has 5 aliphatic carbocycles. The molecule has 1 saturated heterocycles. The number of rotatable bonds is 6. The zero-order valence-corrected chi connectivity index (χ0v) is 33.6. The molecule has 0 unspecified atom stereocenters. The Balaban J connectivity index is 1.28. The lowest BCUT2D eigenvalue weighted by atomic mass is 9.33. The van der Waals surface area contributed by atoms with Crippen LogP contribution in [0.2, 0.25) is 0 Å². The van der Waals surface area contributed by atoms with E-state index in [4.69, 9.17) is 28.4 Å². The number of carbonyl (C=O) groups excluding carboxylic acids is 4. The third-order valence-electron chi connectivity index (χ3n) is 15.8. The number of fused-ring (bicyclic) bond motifs is 7. The number of ether oxygens (including phenoxy) is 6. The highest BCUT2D eigenvalue weighted by atomic mass is 16.7. The van der Waals surface area contributed by atoms with Crippen LogP contribution in [-0.4, -0.2) is 68.3 Å². The first-order chi connectivity index (χ1) is 24.1. The molecule has 0 aromatic carbocycles. The first kappa shape index (κ1) is 39.2. The zero-order chi connectivity index (χ0) is 38.2. The molecular weight excluding hydrogens is 664 g/mol. The van der Waals surface area contributed by atoms with Gasteiger partial charge in [-0.25, -0.2) is 0 Å². The average Bonchev–Trinajstić information content (AvgIpc) is 3.04. The van der Waals surface area contributed by atoms with Crippen molar-refractivity contribution in [2.75, 3.05) is 13.7 Å². The lowest BCUT2D eigenvalue weighted by molar-refractivity contribution is -0.312. The lowest BCUT2D eigenvalue weighted by Gasteiger charge is -2.71. The van der Waals surface area contributed by atoms with Crippen LogP contribution in [0.4, 0.5) is 0 Å². The fraction of sp³-hybridized carbons (Fsp3) is 0.857. The van der Waals surface area contributed by atoms with Gasteiger partial charge in [0.2, 0.25) is 0 Å².